The first-order valence-electron chi connectivity index (χ1n) is 7.72. The van der Waals surface area contributed by atoms with Gasteiger partial charge in [0, 0.05) is 12.1 Å². The highest BCUT2D eigenvalue weighted by molar-refractivity contribution is 7.89. The quantitative estimate of drug-likeness (QED) is 0.692. The van der Waals surface area contributed by atoms with Gasteiger partial charge in [0.25, 0.3) is 0 Å². The lowest BCUT2D eigenvalue weighted by molar-refractivity contribution is -0.123. The average Bonchev–Trinajstić information content (AvgIpc) is 2.80. The third-order valence-corrected chi connectivity index (χ3v) is 5.86. The van der Waals surface area contributed by atoms with Gasteiger partial charge in [0.1, 0.15) is 10.6 Å². The number of halogens is 1. The summed E-state index contributed by atoms with van der Waals surface area (Å²) >= 11 is 0. The van der Waals surface area contributed by atoms with E-state index >= 15 is 0 Å². The number of nitrogens with two attached hydrogens (primary N) is 1. The molecule has 1 fully saturated rings. The number of hydrogen-bond donors (Lipinski definition) is 3. The van der Waals surface area contributed by atoms with E-state index in [0.29, 0.717) is 0 Å². The highest BCUT2D eigenvalue weighted by Crippen LogP contribution is 2.19. The van der Waals surface area contributed by atoms with Crippen molar-refractivity contribution in [2.45, 2.75) is 69.5 Å². The Hall–Kier alpha value is -1.16. The molecule has 0 aliphatic heterocycles. The minimum absolute atomic E-state index is 0. The van der Waals surface area contributed by atoms with Crippen molar-refractivity contribution in [1.82, 2.24) is 15.2 Å². The van der Waals surface area contributed by atoms with E-state index in [9.17, 15) is 13.2 Å². The second-order valence-electron chi connectivity index (χ2n) is 6.12. The number of rotatable bonds is 5. The van der Waals surface area contributed by atoms with Crippen LogP contribution in [0.4, 0.5) is 0 Å². The Labute approximate surface area is 148 Å². The molecule has 1 aromatic rings. The molecule has 8 nitrogen and oxygen atoms in total. The van der Waals surface area contributed by atoms with Gasteiger partial charge in [-0.15, -0.1) is 12.4 Å². The number of carbonyl (C=O) groups is 1. The van der Waals surface area contributed by atoms with Crippen molar-refractivity contribution in [3.8, 4) is 0 Å². The molecule has 1 unspecified atom stereocenters. The molecule has 0 bridgehead atoms. The second-order valence-corrected chi connectivity index (χ2v) is 7.77. The van der Waals surface area contributed by atoms with Crippen molar-refractivity contribution in [1.29, 1.82) is 0 Å². The Morgan fingerprint density at radius 1 is 1.29 bits per heavy atom. The minimum atomic E-state index is -3.86. The number of hydrogen-bond acceptors (Lipinski definition) is 6. The van der Waals surface area contributed by atoms with Crippen LogP contribution in [-0.2, 0) is 14.8 Å². The predicted octanol–water partition coefficient (Wildman–Crippen LogP) is 0.766. The zero-order valence-electron chi connectivity index (χ0n) is 14.0. The molecule has 1 aliphatic carbocycles. The van der Waals surface area contributed by atoms with E-state index in [1.54, 1.807) is 6.92 Å². The van der Waals surface area contributed by atoms with Crippen LogP contribution in [0.5, 0.6) is 0 Å². The molecule has 1 amide bonds. The SMILES string of the molecule is Cc1noc(C)c1S(=O)(=O)NC(C)C(=O)NC1CCC(N)CC1.Cl. The van der Waals surface area contributed by atoms with Crippen LogP contribution in [0.25, 0.3) is 0 Å². The molecule has 24 heavy (non-hydrogen) atoms. The summed E-state index contributed by atoms with van der Waals surface area (Å²) in [6, 6.07) is -0.642. The largest absolute Gasteiger partial charge is 0.360 e. The number of aromatic nitrogens is 1. The Morgan fingerprint density at radius 2 is 1.88 bits per heavy atom. The fourth-order valence-electron chi connectivity index (χ4n) is 2.79. The molecule has 1 atom stereocenters. The second kappa shape index (κ2) is 8.28. The Bertz CT molecular complexity index is 649. The molecule has 1 aromatic heterocycles. The van der Waals surface area contributed by atoms with Crippen molar-refractivity contribution in [3.05, 3.63) is 11.5 Å². The van der Waals surface area contributed by atoms with Crippen LogP contribution in [0, 0.1) is 13.8 Å². The van der Waals surface area contributed by atoms with E-state index in [1.165, 1.54) is 13.8 Å². The minimum Gasteiger partial charge on any atom is -0.360 e. The van der Waals surface area contributed by atoms with Gasteiger partial charge in [0.05, 0.1) is 6.04 Å². The van der Waals surface area contributed by atoms with E-state index in [1.807, 2.05) is 0 Å². The number of aryl methyl sites for hydroxylation is 2. The van der Waals surface area contributed by atoms with Crippen molar-refractivity contribution in [2.75, 3.05) is 0 Å². The number of nitrogens with one attached hydrogen (secondary N) is 2. The summed E-state index contributed by atoms with van der Waals surface area (Å²) < 4.78 is 32.0. The number of amides is 1. The third kappa shape index (κ3) is 4.92. The van der Waals surface area contributed by atoms with Crippen LogP contribution in [-0.4, -0.2) is 37.6 Å². The van der Waals surface area contributed by atoms with Crippen molar-refractivity contribution in [3.63, 3.8) is 0 Å². The Kier molecular flexibility index (Phi) is 7.21. The fourth-order valence-corrected chi connectivity index (χ4v) is 4.33. The molecular formula is C14H25ClN4O4S. The first-order chi connectivity index (χ1) is 10.7. The van der Waals surface area contributed by atoms with E-state index in [-0.39, 0.29) is 46.7 Å². The molecule has 1 heterocycles. The normalized spacial score (nSPS) is 22.5. The molecule has 0 saturated heterocycles. The Balaban J connectivity index is 0.00000288. The third-order valence-electron chi connectivity index (χ3n) is 4.08. The summed E-state index contributed by atoms with van der Waals surface area (Å²) in [6.07, 6.45) is 3.36. The lowest BCUT2D eigenvalue weighted by Gasteiger charge is -2.27. The average molecular weight is 381 g/mol. The van der Waals surface area contributed by atoms with Gasteiger partial charge < -0.3 is 15.6 Å². The van der Waals surface area contributed by atoms with Crippen LogP contribution in [0.15, 0.2) is 9.42 Å². The maximum atomic E-state index is 12.4. The number of carbonyl (C=O) groups excluding carboxylic acids is 1. The summed E-state index contributed by atoms with van der Waals surface area (Å²) in [5, 5.41) is 6.50. The van der Waals surface area contributed by atoms with Crippen LogP contribution in [0.3, 0.4) is 0 Å². The van der Waals surface area contributed by atoms with Gasteiger partial charge >= 0.3 is 0 Å². The van der Waals surface area contributed by atoms with Gasteiger partial charge in [-0.2, -0.15) is 4.72 Å². The Morgan fingerprint density at radius 3 is 2.38 bits per heavy atom. The van der Waals surface area contributed by atoms with Gasteiger partial charge in [-0.25, -0.2) is 8.42 Å². The molecule has 138 valence electrons. The molecule has 0 aromatic carbocycles. The first kappa shape index (κ1) is 20.9. The number of sulfonamides is 1. The predicted molar refractivity (Wildman–Crippen MR) is 91.4 cm³/mol. The molecular weight excluding hydrogens is 356 g/mol. The number of nitrogens with zero attached hydrogens (tertiary/aromatic N) is 1. The highest BCUT2D eigenvalue weighted by Gasteiger charge is 2.29. The van der Waals surface area contributed by atoms with Gasteiger partial charge in [-0.05, 0) is 46.5 Å². The van der Waals surface area contributed by atoms with Crippen LogP contribution >= 0.6 is 12.4 Å². The van der Waals surface area contributed by atoms with E-state index < -0.39 is 16.1 Å². The smallest absolute Gasteiger partial charge is 0.246 e. The zero-order chi connectivity index (χ0) is 17.2. The van der Waals surface area contributed by atoms with E-state index in [0.717, 1.165) is 25.7 Å². The van der Waals surface area contributed by atoms with E-state index in [4.69, 9.17) is 10.3 Å². The lowest BCUT2D eigenvalue weighted by atomic mass is 9.92. The fraction of sp³-hybridized carbons (Fsp3) is 0.714. The lowest BCUT2D eigenvalue weighted by Crippen LogP contribution is -2.49. The van der Waals surface area contributed by atoms with Gasteiger partial charge in [0.15, 0.2) is 5.76 Å². The summed E-state index contributed by atoms with van der Waals surface area (Å²) in [5.74, 6) is -0.148. The zero-order valence-corrected chi connectivity index (χ0v) is 15.7. The molecule has 0 radical (unpaired) electrons. The molecule has 2 rings (SSSR count). The molecule has 4 N–H and O–H groups in total. The molecule has 1 saturated carbocycles. The van der Waals surface area contributed by atoms with Gasteiger partial charge in [0.2, 0.25) is 15.9 Å². The van der Waals surface area contributed by atoms with E-state index in [2.05, 4.69) is 15.2 Å². The van der Waals surface area contributed by atoms with Gasteiger partial charge in [-0.1, -0.05) is 5.16 Å². The molecule has 1 aliphatic rings. The maximum Gasteiger partial charge on any atom is 0.246 e. The van der Waals surface area contributed by atoms with Crippen LogP contribution in [0.1, 0.15) is 44.1 Å². The summed E-state index contributed by atoms with van der Waals surface area (Å²) in [5.41, 5.74) is 6.10. The summed E-state index contributed by atoms with van der Waals surface area (Å²) in [7, 11) is -3.86. The maximum absolute atomic E-state index is 12.4. The van der Waals surface area contributed by atoms with Crippen molar-refractivity contribution < 1.29 is 17.7 Å². The molecule has 10 heteroatoms. The standard InChI is InChI=1S/C14H24N4O4S.ClH/c1-8-13(10(3)22-17-8)23(20,21)18-9(2)14(19)16-12-6-4-11(15)5-7-12;/h9,11-12,18H,4-7,15H2,1-3H3,(H,16,19);1H. The summed E-state index contributed by atoms with van der Waals surface area (Å²) in [6.45, 7) is 4.57. The topological polar surface area (TPSA) is 127 Å². The van der Waals surface area contributed by atoms with Crippen molar-refractivity contribution in [2.24, 2.45) is 5.73 Å². The monoisotopic (exact) mass is 380 g/mol. The van der Waals surface area contributed by atoms with Crippen LogP contribution in [0.2, 0.25) is 0 Å². The summed E-state index contributed by atoms with van der Waals surface area (Å²) in [4.78, 5) is 12.2. The van der Waals surface area contributed by atoms with Gasteiger partial charge in [-0.3, -0.25) is 4.79 Å². The first-order valence-corrected chi connectivity index (χ1v) is 9.20. The highest BCUT2D eigenvalue weighted by atomic mass is 35.5. The van der Waals surface area contributed by atoms with Crippen molar-refractivity contribution >= 4 is 28.3 Å². The molecule has 0 spiro atoms. The van der Waals surface area contributed by atoms with Crippen LogP contribution < -0.4 is 15.8 Å².